The first-order chi connectivity index (χ1) is 16.8. The molecule has 2 heterocycles. The molecule has 0 unspecified atom stereocenters. The smallest absolute Gasteiger partial charge is 0.343 e. The van der Waals surface area contributed by atoms with E-state index < -0.39 is 17.1 Å². The van der Waals surface area contributed by atoms with Crippen molar-refractivity contribution in [2.45, 2.75) is 13.5 Å². The molecule has 2 aliphatic heterocycles. The summed E-state index contributed by atoms with van der Waals surface area (Å²) in [5.74, 6) is 0.865. The van der Waals surface area contributed by atoms with Gasteiger partial charge in [-0.15, -0.1) is 0 Å². The van der Waals surface area contributed by atoms with E-state index in [1.165, 1.54) is 7.11 Å². The minimum absolute atomic E-state index is 0.000480. The van der Waals surface area contributed by atoms with E-state index >= 15 is 0 Å². The van der Waals surface area contributed by atoms with Crippen molar-refractivity contribution in [2.75, 3.05) is 27.1 Å². The molecule has 9 nitrogen and oxygen atoms in total. The van der Waals surface area contributed by atoms with Crippen LogP contribution in [0.3, 0.4) is 0 Å². The second-order valence-electron chi connectivity index (χ2n) is 7.19. The largest absolute Gasteiger partial charge is 0.490 e. The minimum Gasteiger partial charge on any atom is -0.490 e. The van der Waals surface area contributed by atoms with Crippen LogP contribution in [0.15, 0.2) is 29.2 Å². The Labute approximate surface area is 223 Å². The second kappa shape index (κ2) is 11.0. The van der Waals surface area contributed by atoms with Gasteiger partial charge in [0.05, 0.1) is 28.7 Å². The first kappa shape index (κ1) is 25.5. The molecule has 4 rings (SSSR count). The zero-order chi connectivity index (χ0) is 25.1. The molecule has 0 saturated carbocycles. The predicted molar refractivity (Wildman–Crippen MR) is 137 cm³/mol. The minimum atomic E-state index is -0.524. The number of halogens is 2. The molecule has 1 fully saturated rings. The molecule has 0 aliphatic carbocycles. The number of hydrogen-bond donors (Lipinski definition) is 0. The number of ether oxygens (including phenoxy) is 5. The molecule has 12 heteroatoms. The van der Waals surface area contributed by atoms with Crippen molar-refractivity contribution in [3.8, 4) is 23.0 Å². The number of esters is 1. The Bertz CT molecular complexity index is 1230. The van der Waals surface area contributed by atoms with Gasteiger partial charge in [0.25, 0.3) is 11.1 Å². The van der Waals surface area contributed by atoms with Crippen LogP contribution in [0.2, 0.25) is 5.02 Å². The molecule has 0 aromatic heterocycles. The van der Waals surface area contributed by atoms with Crippen molar-refractivity contribution in [2.24, 2.45) is 0 Å². The number of thioether (sulfide) groups is 1. The average molecular weight is 632 g/mol. The lowest BCUT2D eigenvalue weighted by atomic mass is 10.1. The lowest BCUT2D eigenvalue weighted by molar-refractivity contribution is -0.143. The number of benzene rings is 2. The summed E-state index contributed by atoms with van der Waals surface area (Å²) in [5.41, 5.74) is 1.20. The van der Waals surface area contributed by atoms with Crippen molar-refractivity contribution in [1.29, 1.82) is 0 Å². The van der Waals surface area contributed by atoms with E-state index in [0.29, 0.717) is 49.3 Å². The number of carbonyl (C=O) groups is 3. The highest BCUT2D eigenvalue weighted by molar-refractivity contribution is 14.1. The molecule has 2 aliphatic rings. The van der Waals surface area contributed by atoms with Gasteiger partial charge in [-0.05, 0) is 76.7 Å². The quantitative estimate of drug-likeness (QED) is 0.230. The van der Waals surface area contributed by atoms with Crippen LogP contribution in [-0.4, -0.2) is 49.1 Å². The molecular weight excluding hydrogens is 613 g/mol. The van der Waals surface area contributed by atoms with Crippen LogP contribution in [0.4, 0.5) is 4.79 Å². The standard InChI is InChI=1S/C23H19ClINO8S/c1-3-31-18-5-12(4-15(25)21(18)32-10-20(27)30-2)6-19-22(28)26(23(29)35-19)9-13-7-16-17(8-14(13)24)34-11-33-16/h4-8H,3,9-11H2,1-2H3/b19-6-. The van der Waals surface area contributed by atoms with Gasteiger partial charge >= 0.3 is 5.97 Å². The topological polar surface area (TPSA) is 101 Å². The zero-order valence-electron chi connectivity index (χ0n) is 18.6. The molecule has 0 bridgehead atoms. The molecule has 2 aromatic rings. The number of carbonyl (C=O) groups excluding carboxylic acids is 3. The third kappa shape index (κ3) is 5.62. The summed E-state index contributed by atoms with van der Waals surface area (Å²) in [6.45, 7) is 2.00. The van der Waals surface area contributed by atoms with E-state index in [1.807, 2.05) is 6.92 Å². The zero-order valence-corrected chi connectivity index (χ0v) is 22.3. The number of methoxy groups -OCH3 is 1. The van der Waals surface area contributed by atoms with Crippen molar-refractivity contribution in [1.82, 2.24) is 4.90 Å². The molecule has 2 aromatic carbocycles. The van der Waals surface area contributed by atoms with E-state index in [2.05, 4.69) is 27.3 Å². The maximum atomic E-state index is 13.1. The van der Waals surface area contributed by atoms with Gasteiger partial charge in [0.1, 0.15) is 0 Å². The van der Waals surface area contributed by atoms with Crippen LogP contribution in [0, 0.1) is 3.57 Å². The molecule has 1 saturated heterocycles. The highest BCUT2D eigenvalue weighted by Crippen LogP contribution is 2.40. The summed E-state index contributed by atoms with van der Waals surface area (Å²) in [5, 5.41) is -0.0384. The second-order valence-corrected chi connectivity index (χ2v) is 9.76. The lowest BCUT2D eigenvalue weighted by Crippen LogP contribution is -2.27. The molecule has 0 spiro atoms. The van der Waals surface area contributed by atoms with E-state index in [1.54, 1.807) is 30.3 Å². The van der Waals surface area contributed by atoms with Gasteiger partial charge in [-0.3, -0.25) is 14.5 Å². The van der Waals surface area contributed by atoms with Gasteiger partial charge in [0, 0.05) is 11.1 Å². The summed E-state index contributed by atoms with van der Waals surface area (Å²) in [6.07, 6.45) is 1.61. The number of nitrogens with zero attached hydrogens (tertiary/aromatic N) is 1. The van der Waals surface area contributed by atoms with Crippen molar-refractivity contribution in [3.05, 3.63) is 48.9 Å². The van der Waals surface area contributed by atoms with Crippen LogP contribution in [0.25, 0.3) is 6.08 Å². The number of rotatable bonds is 8. The summed E-state index contributed by atoms with van der Waals surface area (Å²) in [6, 6.07) is 6.72. The Morgan fingerprint density at radius 1 is 1.20 bits per heavy atom. The van der Waals surface area contributed by atoms with Crippen molar-refractivity contribution < 1.29 is 38.1 Å². The third-order valence-corrected chi connectivity index (χ3v) is 7.00. The fourth-order valence-electron chi connectivity index (χ4n) is 3.30. The maximum Gasteiger partial charge on any atom is 0.343 e. The normalized spacial score (nSPS) is 15.7. The Morgan fingerprint density at radius 3 is 2.66 bits per heavy atom. The highest BCUT2D eigenvalue weighted by atomic mass is 127. The Morgan fingerprint density at radius 2 is 1.94 bits per heavy atom. The van der Waals surface area contributed by atoms with Crippen LogP contribution < -0.4 is 18.9 Å². The van der Waals surface area contributed by atoms with Gasteiger partial charge in [0.2, 0.25) is 6.79 Å². The molecule has 184 valence electrons. The highest BCUT2D eigenvalue weighted by Gasteiger charge is 2.36. The van der Waals surface area contributed by atoms with E-state index in [4.69, 9.17) is 30.5 Å². The fraction of sp³-hybridized carbons (Fsp3) is 0.261. The van der Waals surface area contributed by atoms with Gasteiger partial charge in [-0.2, -0.15) is 0 Å². The lowest BCUT2D eigenvalue weighted by Gasteiger charge is -2.15. The van der Waals surface area contributed by atoms with Gasteiger partial charge < -0.3 is 23.7 Å². The number of imide groups is 1. The van der Waals surface area contributed by atoms with Crippen LogP contribution >= 0.6 is 46.0 Å². The molecule has 2 amide bonds. The third-order valence-electron chi connectivity index (χ3n) is 4.94. The monoisotopic (exact) mass is 631 g/mol. The fourth-order valence-corrected chi connectivity index (χ4v) is 5.14. The van der Waals surface area contributed by atoms with E-state index in [0.717, 1.165) is 16.7 Å². The number of hydrogen-bond acceptors (Lipinski definition) is 9. The Kier molecular flexibility index (Phi) is 7.97. The predicted octanol–water partition coefficient (Wildman–Crippen LogP) is 4.86. The SMILES string of the molecule is CCOc1cc(/C=C2\SC(=O)N(Cc3cc4c(cc3Cl)OCO4)C2=O)cc(I)c1OCC(=O)OC. The molecule has 0 radical (unpaired) electrons. The Balaban J connectivity index is 1.56. The summed E-state index contributed by atoms with van der Waals surface area (Å²) in [7, 11) is 1.27. The maximum absolute atomic E-state index is 13.1. The molecule has 35 heavy (non-hydrogen) atoms. The van der Waals surface area contributed by atoms with Crippen LogP contribution in [-0.2, 0) is 20.9 Å². The molecule has 0 atom stereocenters. The average Bonchev–Trinajstić information content (AvgIpc) is 3.37. The van der Waals surface area contributed by atoms with Crippen molar-refractivity contribution >= 4 is 69.1 Å². The number of fused-ring (bicyclic) bond motifs is 1. The number of amides is 2. The summed E-state index contributed by atoms with van der Waals surface area (Å²) >= 11 is 9.21. The first-order valence-corrected chi connectivity index (χ1v) is 12.6. The van der Waals surface area contributed by atoms with Crippen LogP contribution in [0.1, 0.15) is 18.1 Å². The van der Waals surface area contributed by atoms with Crippen molar-refractivity contribution in [3.63, 3.8) is 0 Å². The summed E-state index contributed by atoms with van der Waals surface area (Å²) < 4.78 is 27.2. The summed E-state index contributed by atoms with van der Waals surface area (Å²) in [4.78, 5) is 38.5. The van der Waals surface area contributed by atoms with Gasteiger partial charge in [-0.1, -0.05) is 11.6 Å². The van der Waals surface area contributed by atoms with Crippen LogP contribution in [0.5, 0.6) is 23.0 Å². The van der Waals surface area contributed by atoms with Gasteiger partial charge in [-0.25, -0.2) is 4.79 Å². The Hall–Kier alpha value is -2.64. The van der Waals surface area contributed by atoms with E-state index in [9.17, 15) is 14.4 Å². The molecular formula is C23H19ClINO8S. The first-order valence-electron chi connectivity index (χ1n) is 10.3. The van der Waals surface area contributed by atoms with Gasteiger partial charge in [0.15, 0.2) is 29.6 Å². The van der Waals surface area contributed by atoms with E-state index in [-0.39, 0.29) is 24.8 Å². The molecule has 0 N–H and O–H groups in total.